The fourth-order valence-corrected chi connectivity index (χ4v) is 2.32. The molecule has 0 heterocycles. The Morgan fingerprint density at radius 3 is 2.42 bits per heavy atom. The van der Waals surface area contributed by atoms with E-state index in [0.717, 1.165) is 25.0 Å². The summed E-state index contributed by atoms with van der Waals surface area (Å²) < 4.78 is 5.59. The van der Waals surface area contributed by atoms with Crippen molar-refractivity contribution in [3.05, 3.63) is 35.9 Å². The van der Waals surface area contributed by atoms with Gasteiger partial charge in [-0.2, -0.15) is 0 Å². The van der Waals surface area contributed by atoms with E-state index in [1.54, 1.807) is 0 Å². The molecule has 3 nitrogen and oxygen atoms in total. The molecule has 1 aromatic rings. The molecule has 0 radical (unpaired) electrons. The summed E-state index contributed by atoms with van der Waals surface area (Å²) in [5.41, 5.74) is 0.703. The third-order valence-electron chi connectivity index (χ3n) is 3.18. The largest absolute Gasteiger partial charge is 0.394 e. The number of benzene rings is 1. The Hall–Kier alpha value is -0.900. The van der Waals surface area contributed by atoms with Crippen LogP contribution in [0, 0.1) is 0 Å². The lowest BCUT2D eigenvalue weighted by Crippen LogP contribution is -2.49. The van der Waals surface area contributed by atoms with Gasteiger partial charge in [-0.15, -0.1) is 0 Å². The molecule has 0 aromatic heterocycles. The molecular formula is C16H27NO2. The van der Waals surface area contributed by atoms with Crippen molar-refractivity contribution in [2.75, 3.05) is 19.8 Å². The molecule has 2 N–H and O–H groups in total. The van der Waals surface area contributed by atoms with Gasteiger partial charge in [-0.25, -0.2) is 0 Å². The fourth-order valence-electron chi connectivity index (χ4n) is 2.32. The molecule has 1 atom stereocenters. The number of aliphatic hydroxyl groups excluding tert-OH is 1. The van der Waals surface area contributed by atoms with Crippen LogP contribution in [0.1, 0.15) is 39.2 Å². The molecule has 0 fully saturated rings. The van der Waals surface area contributed by atoms with Crippen molar-refractivity contribution in [1.29, 1.82) is 0 Å². The summed E-state index contributed by atoms with van der Waals surface area (Å²) in [5, 5.41) is 13.4. The van der Waals surface area contributed by atoms with E-state index in [2.05, 4.69) is 38.2 Å². The molecule has 3 heteroatoms. The number of nitrogens with one attached hydrogen (secondary N) is 1. The van der Waals surface area contributed by atoms with Crippen molar-refractivity contribution < 1.29 is 9.84 Å². The van der Waals surface area contributed by atoms with Crippen molar-refractivity contribution in [3.63, 3.8) is 0 Å². The molecule has 0 aliphatic rings. The summed E-state index contributed by atoms with van der Waals surface area (Å²) in [7, 11) is 0. The SMILES string of the molecule is CCCOCCC(CO)(NC(C)C)c1ccccc1. The van der Waals surface area contributed by atoms with E-state index in [-0.39, 0.29) is 6.61 Å². The second-order valence-electron chi connectivity index (χ2n) is 5.27. The molecule has 0 aliphatic heterocycles. The average Bonchev–Trinajstić information content (AvgIpc) is 2.43. The zero-order valence-electron chi connectivity index (χ0n) is 12.4. The molecule has 0 spiro atoms. The fraction of sp³-hybridized carbons (Fsp3) is 0.625. The van der Waals surface area contributed by atoms with Gasteiger partial charge in [0.25, 0.3) is 0 Å². The first kappa shape index (κ1) is 16.2. The molecule has 1 aromatic carbocycles. The summed E-state index contributed by atoms with van der Waals surface area (Å²) >= 11 is 0. The van der Waals surface area contributed by atoms with Crippen LogP contribution in [0.5, 0.6) is 0 Å². The van der Waals surface area contributed by atoms with Crippen LogP contribution in [-0.4, -0.2) is 31.0 Å². The summed E-state index contributed by atoms with van der Waals surface area (Å²) in [6.07, 6.45) is 1.79. The molecule has 1 unspecified atom stereocenters. The van der Waals surface area contributed by atoms with Gasteiger partial charge in [-0.05, 0) is 32.3 Å². The highest BCUT2D eigenvalue weighted by Gasteiger charge is 2.31. The maximum atomic E-state index is 9.92. The Bertz CT molecular complexity index is 340. The van der Waals surface area contributed by atoms with Gasteiger partial charge in [0.2, 0.25) is 0 Å². The average molecular weight is 265 g/mol. The molecule has 1 rings (SSSR count). The Balaban J connectivity index is 2.82. The number of aliphatic hydroxyl groups is 1. The number of ether oxygens (including phenoxy) is 1. The second kappa shape index (κ2) is 8.31. The smallest absolute Gasteiger partial charge is 0.0693 e. The van der Waals surface area contributed by atoms with Crippen LogP contribution < -0.4 is 5.32 Å². The van der Waals surface area contributed by atoms with Gasteiger partial charge < -0.3 is 15.2 Å². The van der Waals surface area contributed by atoms with Gasteiger partial charge in [-0.1, -0.05) is 37.3 Å². The van der Waals surface area contributed by atoms with Gasteiger partial charge in [0.1, 0.15) is 0 Å². The van der Waals surface area contributed by atoms with Crippen molar-refractivity contribution in [2.45, 2.75) is 45.2 Å². The zero-order chi connectivity index (χ0) is 14.1. The predicted molar refractivity (Wildman–Crippen MR) is 79.2 cm³/mol. The molecule has 19 heavy (non-hydrogen) atoms. The predicted octanol–water partition coefficient (Wildman–Crippen LogP) is 2.69. The molecular weight excluding hydrogens is 238 g/mol. The molecule has 0 saturated carbocycles. The lowest BCUT2D eigenvalue weighted by atomic mass is 9.87. The monoisotopic (exact) mass is 265 g/mol. The van der Waals surface area contributed by atoms with E-state index >= 15 is 0 Å². The van der Waals surface area contributed by atoms with Crippen LogP contribution >= 0.6 is 0 Å². The maximum Gasteiger partial charge on any atom is 0.0693 e. The Morgan fingerprint density at radius 2 is 1.89 bits per heavy atom. The molecule has 0 saturated heterocycles. The van der Waals surface area contributed by atoms with Crippen LogP contribution in [0.15, 0.2) is 30.3 Å². The van der Waals surface area contributed by atoms with Gasteiger partial charge in [0, 0.05) is 19.3 Å². The molecule has 0 amide bonds. The normalized spacial score (nSPS) is 14.6. The first-order chi connectivity index (χ1) is 9.14. The van der Waals surface area contributed by atoms with E-state index in [0.29, 0.717) is 12.6 Å². The quantitative estimate of drug-likeness (QED) is 0.675. The number of hydrogen-bond acceptors (Lipinski definition) is 3. The van der Waals surface area contributed by atoms with Gasteiger partial charge in [0.15, 0.2) is 0 Å². The maximum absolute atomic E-state index is 9.92. The highest BCUT2D eigenvalue weighted by Crippen LogP contribution is 2.25. The Morgan fingerprint density at radius 1 is 1.21 bits per heavy atom. The highest BCUT2D eigenvalue weighted by atomic mass is 16.5. The first-order valence-electron chi connectivity index (χ1n) is 7.16. The standard InChI is InChI=1S/C16H27NO2/c1-4-11-19-12-10-16(13-18,17-14(2)3)15-8-6-5-7-9-15/h5-9,14,17-18H,4,10-13H2,1-3H3. The number of rotatable bonds is 9. The van der Waals surface area contributed by atoms with Gasteiger partial charge >= 0.3 is 0 Å². The summed E-state index contributed by atoms with van der Waals surface area (Å²) in [6, 6.07) is 10.4. The van der Waals surface area contributed by atoms with E-state index in [4.69, 9.17) is 4.74 Å². The van der Waals surface area contributed by atoms with E-state index < -0.39 is 5.54 Å². The zero-order valence-corrected chi connectivity index (χ0v) is 12.4. The van der Waals surface area contributed by atoms with Crippen molar-refractivity contribution in [3.8, 4) is 0 Å². The third-order valence-corrected chi connectivity index (χ3v) is 3.18. The van der Waals surface area contributed by atoms with E-state index in [9.17, 15) is 5.11 Å². The molecule has 0 aliphatic carbocycles. The third kappa shape index (κ3) is 4.94. The lowest BCUT2D eigenvalue weighted by Gasteiger charge is -2.35. The minimum atomic E-state index is -0.414. The highest BCUT2D eigenvalue weighted by molar-refractivity contribution is 5.25. The summed E-state index contributed by atoms with van der Waals surface area (Å²) in [6.45, 7) is 7.80. The molecule has 108 valence electrons. The van der Waals surface area contributed by atoms with Crippen LogP contribution in [0.2, 0.25) is 0 Å². The van der Waals surface area contributed by atoms with E-state index in [1.165, 1.54) is 0 Å². The van der Waals surface area contributed by atoms with Crippen molar-refractivity contribution in [1.82, 2.24) is 5.32 Å². The Labute approximate surface area is 117 Å². The summed E-state index contributed by atoms with van der Waals surface area (Å²) in [4.78, 5) is 0. The van der Waals surface area contributed by atoms with Crippen molar-refractivity contribution >= 4 is 0 Å². The minimum absolute atomic E-state index is 0.0741. The van der Waals surface area contributed by atoms with Crippen LogP contribution in [-0.2, 0) is 10.3 Å². The number of hydrogen-bond donors (Lipinski definition) is 2. The van der Waals surface area contributed by atoms with E-state index in [1.807, 2.05) is 18.2 Å². The topological polar surface area (TPSA) is 41.5 Å². The van der Waals surface area contributed by atoms with Crippen LogP contribution in [0.3, 0.4) is 0 Å². The Kier molecular flexibility index (Phi) is 7.06. The van der Waals surface area contributed by atoms with Crippen LogP contribution in [0.25, 0.3) is 0 Å². The lowest BCUT2D eigenvalue weighted by molar-refractivity contribution is 0.0749. The van der Waals surface area contributed by atoms with Crippen molar-refractivity contribution in [2.24, 2.45) is 0 Å². The van der Waals surface area contributed by atoms with Gasteiger partial charge in [-0.3, -0.25) is 0 Å². The first-order valence-corrected chi connectivity index (χ1v) is 7.16. The summed E-state index contributed by atoms with van der Waals surface area (Å²) in [5.74, 6) is 0. The van der Waals surface area contributed by atoms with Crippen LogP contribution in [0.4, 0.5) is 0 Å². The molecule has 0 bridgehead atoms. The van der Waals surface area contributed by atoms with Gasteiger partial charge in [0.05, 0.1) is 12.1 Å². The minimum Gasteiger partial charge on any atom is -0.394 e. The second-order valence-corrected chi connectivity index (χ2v) is 5.27.